The second-order valence-corrected chi connectivity index (χ2v) is 5.21. The molecule has 1 rings (SSSR count). The summed E-state index contributed by atoms with van der Waals surface area (Å²) in [7, 11) is 0. The lowest BCUT2D eigenvalue weighted by atomic mass is 10.2. The highest BCUT2D eigenvalue weighted by Gasteiger charge is 2.15. The molecule has 1 aromatic rings. The number of carbonyl (C=O) groups excluding carboxylic acids is 1. The smallest absolute Gasteiger partial charge is 0.253 e. The molecular weight excluding hydrogens is 264 g/mol. The summed E-state index contributed by atoms with van der Waals surface area (Å²) in [5.41, 5.74) is 1.46. The molecule has 0 aliphatic carbocycles. The van der Waals surface area contributed by atoms with Crippen LogP contribution in [-0.4, -0.2) is 48.0 Å². The van der Waals surface area contributed by atoms with Gasteiger partial charge in [0.1, 0.15) is 0 Å². The number of hydrogen-bond donors (Lipinski definition) is 2. The Bertz CT molecular complexity index is 432. The average molecular weight is 292 g/mol. The van der Waals surface area contributed by atoms with Crippen LogP contribution >= 0.6 is 0 Å². The molecule has 0 radical (unpaired) electrons. The van der Waals surface area contributed by atoms with Gasteiger partial charge in [0.15, 0.2) is 0 Å². The highest BCUT2D eigenvalue weighted by atomic mass is 16.1. The zero-order valence-electron chi connectivity index (χ0n) is 13.6. The molecule has 0 saturated heterocycles. The Balaban J connectivity index is 2.66. The maximum Gasteiger partial charge on any atom is 0.253 e. The Morgan fingerprint density at radius 2 is 2.05 bits per heavy atom. The summed E-state index contributed by atoms with van der Waals surface area (Å²) in [5.74, 6) is -0.0457. The van der Waals surface area contributed by atoms with E-state index < -0.39 is 0 Å². The van der Waals surface area contributed by atoms with Gasteiger partial charge in [-0.3, -0.25) is 9.78 Å². The van der Waals surface area contributed by atoms with Gasteiger partial charge in [0.25, 0.3) is 5.91 Å². The molecule has 5 heteroatoms. The van der Waals surface area contributed by atoms with Gasteiger partial charge in [0.05, 0.1) is 17.4 Å². The Hall–Kier alpha value is -1.62. The van der Waals surface area contributed by atoms with E-state index in [0.717, 1.165) is 38.3 Å². The normalized spacial score (nSPS) is 12.2. The number of amides is 1. The van der Waals surface area contributed by atoms with Gasteiger partial charge in [-0.1, -0.05) is 20.8 Å². The number of nitrogens with zero attached hydrogens (tertiary/aromatic N) is 2. The number of carbonyl (C=O) groups is 1. The fourth-order valence-electron chi connectivity index (χ4n) is 2.21. The summed E-state index contributed by atoms with van der Waals surface area (Å²) in [6.45, 7) is 12.1. The lowest BCUT2D eigenvalue weighted by Crippen LogP contribution is -2.42. The number of hydrogen-bond acceptors (Lipinski definition) is 4. The van der Waals surface area contributed by atoms with Crippen LogP contribution in [-0.2, 0) is 0 Å². The molecule has 0 bridgehead atoms. The number of nitrogens with one attached hydrogen (secondary N) is 2. The van der Waals surface area contributed by atoms with Gasteiger partial charge in [0.2, 0.25) is 0 Å². The maximum absolute atomic E-state index is 12.4. The van der Waals surface area contributed by atoms with Crippen LogP contribution in [0.2, 0.25) is 0 Å². The Morgan fingerprint density at radius 1 is 1.33 bits per heavy atom. The SMILES string of the molecule is CCCNc1cnccc1C(=O)NC(C)CN(CC)CC. The third-order valence-electron chi connectivity index (χ3n) is 3.44. The van der Waals surface area contributed by atoms with E-state index in [1.54, 1.807) is 18.5 Å². The van der Waals surface area contributed by atoms with E-state index in [4.69, 9.17) is 0 Å². The van der Waals surface area contributed by atoms with Gasteiger partial charge >= 0.3 is 0 Å². The van der Waals surface area contributed by atoms with E-state index in [0.29, 0.717) is 5.56 Å². The minimum absolute atomic E-state index is 0.0457. The topological polar surface area (TPSA) is 57.3 Å². The summed E-state index contributed by atoms with van der Waals surface area (Å²) in [6, 6.07) is 1.88. The lowest BCUT2D eigenvalue weighted by Gasteiger charge is -2.23. The molecule has 1 atom stereocenters. The van der Waals surface area contributed by atoms with Crippen LogP contribution in [0.3, 0.4) is 0 Å². The number of pyridine rings is 1. The molecular formula is C16H28N4O. The summed E-state index contributed by atoms with van der Waals surface area (Å²) < 4.78 is 0. The lowest BCUT2D eigenvalue weighted by molar-refractivity contribution is 0.0931. The van der Waals surface area contributed by atoms with E-state index in [1.165, 1.54) is 0 Å². The first kappa shape index (κ1) is 17.4. The average Bonchev–Trinajstić information content (AvgIpc) is 2.50. The maximum atomic E-state index is 12.4. The summed E-state index contributed by atoms with van der Waals surface area (Å²) in [5, 5.41) is 6.31. The molecule has 0 fully saturated rings. The third-order valence-corrected chi connectivity index (χ3v) is 3.44. The minimum Gasteiger partial charge on any atom is -0.383 e. The zero-order valence-corrected chi connectivity index (χ0v) is 13.6. The van der Waals surface area contributed by atoms with Gasteiger partial charge in [-0.15, -0.1) is 0 Å². The van der Waals surface area contributed by atoms with E-state index in [-0.39, 0.29) is 11.9 Å². The van der Waals surface area contributed by atoms with Gasteiger partial charge < -0.3 is 15.5 Å². The van der Waals surface area contributed by atoms with Crippen LogP contribution in [0, 0.1) is 0 Å². The number of likely N-dealkylation sites (N-methyl/N-ethyl adjacent to an activating group) is 1. The zero-order chi connectivity index (χ0) is 15.7. The first-order valence-corrected chi connectivity index (χ1v) is 7.83. The van der Waals surface area contributed by atoms with Crippen molar-refractivity contribution in [3.8, 4) is 0 Å². The Labute approximate surface area is 128 Å². The van der Waals surface area contributed by atoms with Crippen molar-refractivity contribution in [2.24, 2.45) is 0 Å². The molecule has 1 unspecified atom stereocenters. The first-order chi connectivity index (χ1) is 10.1. The van der Waals surface area contributed by atoms with Gasteiger partial charge in [0, 0.05) is 25.3 Å². The van der Waals surface area contributed by atoms with Crippen LogP contribution in [0.4, 0.5) is 5.69 Å². The second kappa shape index (κ2) is 9.34. The van der Waals surface area contributed by atoms with Crippen LogP contribution in [0.1, 0.15) is 44.5 Å². The molecule has 0 aliphatic rings. The van der Waals surface area contributed by atoms with Crippen molar-refractivity contribution in [2.75, 3.05) is 31.5 Å². The molecule has 1 heterocycles. The standard InChI is InChI=1S/C16H28N4O/c1-5-9-18-15-11-17-10-8-14(15)16(21)19-13(4)12-20(6-2)7-3/h8,10-11,13,18H,5-7,9,12H2,1-4H3,(H,19,21). The van der Waals surface area contributed by atoms with Crippen molar-refractivity contribution < 1.29 is 4.79 Å². The summed E-state index contributed by atoms with van der Waals surface area (Å²) in [6.07, 6.45) is 4.37. The largest absolute Gasteiger partial charge is 0.383 e. The Morgan fingerprint density at radius 3 is 2.67 bits per heavy atom. The van der Waals surface area contributed by atoms with E-state index in [2.05, 4.69) is 41.3 Å². The fraction of sp³-hybridized carbons (Fsp3) is 0.625. The highest BCUT2D eigenvalue weighted by molar-refractivity contribution is 5.99. The number of rotatable bonds is 9. The first-order valence-electron chi connectivity index (χ1n) is 7.83. The van der Waals surface area contributed by atoms with Crippen molar-refractivity contribution in [3.05, 3.63) is 24.0 Å². The molecule has 1 aromatic heterocycles. The number of anilines is 1. The monoisotopic (exact) mass is 292 g/mol. The van der Waals surface area contributed by atoms with Gasteiger partial charge in [-0.25, -0.2) is 0 Å². The molecule has 0 aliphatic heterocycles. The molecule has 2 N–H and O–H groups in total. The molecule has 0 aromatic carbocycles. The van der Waals surface area contributed by atoms with Crippen LogP contribution in [0.25, 0.3) is 0 Å². The van der Waals surface area contributed by atoms with Crippen LogP contribution in [0.15, 0.2) is 18.5 Å². The van der Waals surface area contributed by atoms with Crippen molar-refractivity contribution in [3.63, 3.8) is 0 Å². The molecule has 0 spiro atoms. The minimum atomic E-state index is -0.0457. The number of aromatic nitrogens is 1. The summed E-state index contributed by atoms with van der Waals surface area (Å²) in [4.78, 5) is 18.8. The fourth-order valence-corrected chi connectivity index (χ4v) is 2.21. The predicted molar refractivity (Wildman–Crippen MR) is 87.7 cm³/mol. The van der Waals surface area contributed by atoms with Crippen molar-refractivity contribution >= 4 is 11.6 Å². The van der Waals surface area contributed by atoms with Crippen molar-refractivity contribution in [1.82, 2.24) is 15.2 Å². The quantitative estimate of drug-likeness (QED) is 0.733. The van der Waals surface area contributed by atoms with E-state index in [1.807, 2.05) is 6.92 Å². The van der Waals surface area contributed by atoms with Gasteiger partial charge in [-0.2, -0.15) is 0 Å². The molecule has 0 saturated carbocycles. The van der Waals surface area contributed by atoms with Gasteiger partial charge in [-0.05, 0) is 32.5 Å². The second-order valence-electron chi connectivity index (χ2n) is 5.21. The van der Waals surface area contributed by atoms with E-state index >= 15 is 0 Å². The van der Waals surface area contributed by atoms with Crippen LogP contribution < -0.4 is 10.6 Å². The van der Waals surface area contributed by atoms with Crippen molar-refractivity contribution in [1.29, 1.82) is 0 Å². The predicted octanol–water partition coefficient (Wildman–Crippen LogP) is 2.36. The third kappa shape index (κ3) is 5.71. The molecule has 118 valence electrons. The molecule has 21 heavy (non-hydrogen) atoms. The molecule has 1 amide bonds. The van der Waals surface area contributed by atoms with Crippen LogP contribution in [0.5, 0.6) is 0 Å². The Kier molecular flexibility index (Phi) is 7.75. The van der Waals surface area contributed by atoms with Crippen molar-refractivity contribution in [2.45, 2.75) is 40.2 Å². The highest BCUT2D eigenvalue weighted by Crippen LogP contribution is 2.13. The molecule has 5 nitrogen and oxygen atoms in total. The van der Waals surface area contributed by atoms with E-state index in [9.17, 15) is 4.79 Å². The summed E-state index contributed by atoms with van der Waals surface area (Å²) >= 11 is 0.